The smallest absolute Gasteiger partial charge is 0.152 e. The van der Waals surface area contributed by atoms with Gasteiger partial charge in [-0.05, 0) is 25.7 Å². The third-order valence-electron chi connectivity index (χ3n) is 4.35. The Morgan fingerprint density at radius 2 is 1.88 bits per heavy atom. The minimum atomic E-state index is -3.09. The number of sulfone groups is 1. The highest BCUT2D eigenvalue weighted by molar-refractivity contribution is 7.91. The first-order chi connectivity index (χ1) is 7.98. The first-order valence-corrected chi connectivity index (χ1v) is 8.51. The van der Waals surface area contributed by atoms with Gasteiger partial charge in [-0.3, -0.25) is 0 Å². The molecule has 0 aromatic heterocycles. The van der Waals surface area contributed by atoms with E-state index in [0.717, 1.165) is 25.7 Å². The Kier molecular flexibility index (Phi) is 3.80. The quantitative estimate of drug-likeness (QED) is 0.787. The normalized spacial score (nSPS) is 35.5. The predicted molar refractivity (Wildman–Crippen MR) is 67.7 cm³/mol. The molecule has 0 heterocycles. The van der Waals surface area contributed by atoms with E-state index >= 15 is 0 Å². The van der Waals surface area contributed by atoms with Gasteiger partial charge < -0.3 is 10.4 Å². The van der Waals surface area contributed by atoms with Gasteiger partial charge in [0.05, 0.1) is 17.4 Å². The van der Waals surface area contributed by atoms with Gasteiger partial charge in [-0.2, -0.15) is 0 Å². The van der Waals surface area contributed by atoms with Crippen molar-refractivity contribution in [1.82, 2.24) is 5.32 Å². The number of aliphatic hydroxyl groups excluding tert-OH is 1. The molecule has 100 valence electrons. The molecule has 2 aliphatic carbocycles. The Balaban J connectivity index is 2.16. The molecule has 0 spiro atoms. The molecule has 2 unspecified atom stereocenters. The number of hydrogen-bond donors (Lipinski definition) is 2. The topological polar surface area (TPSA) is 66.4 Å². The summed E-state index contributed by atoms with van der Waals surface area (Å²) in [6.07, 6.45) is 8.28. The van der Waals surface area contributed by atoms with E-state index in [4.69, 9.17) is 0 Å². The average molecular weight is 261 g/mol. The number of aliphatic hydroxyl groups is 1. The summed E-state index contributed by atoms with van der Waals surface area (Å²) in [6, 6.07) is 0.393. The van der Waals surface area contributed by atoms with Gasteiger partial charge in [0.1, 0.15) is 0 Å². The van der Waals surface area contributed by atoms with Crippen LogP contribution in [0.2, 0.25) is 0 Å². The van der Waals surface area contributed by atoms with Crippen LogP contribution in [0.4, 0.5) is 0 Å². The SMILES string of the molecule is CS(=O)(=O)C1CCCC1(CO)NC1CCCC1. The van der Waals surface area contributed by atoms with Crippen molar-refractivity contribution >= 4 is 9.84 Å². The molecule has 17 heavy (non-hydrogen) atoms. The second-order valence-electron chi connectivity index (χ2n) is 5.65. The summed E-state index contributed by atoms with van der Waals surface area (Å²) in [6.45, 7) is -0.0682. The van der Waals surface area contributed by atoms with Gasteiger partial charge in [-0.15, -0.1) is 0 Å². The maximum absolute atomic E-state index is 11.8. The highest BCUT2D eigenvalue weighted by atomic mass is 32.2. The molecule has 2 saturated carbocycles. The van der Waals surface area contributed by atoms with Gasteiger partial charge in [0.25, 0.3) is 0 Å². The monoisotopic (exact) mass is 261 g/mol. The van der Waals surface area contributed by atoms with E-state index in [1.54, 1.807) is 0 Å². The fraction of sp³-hybridized carbons (Fsp3) is 1.00. The Bertz CT molecular complexity index is 362. The molecule has 2 rings (SSSR count). The second kappa shape index (κ2) is 4.86. The van der Waals surface area contributed by atoms with Gasteiger partial charge in [0.2, 0.25) is 0 Å². The van der Waals surface area contributed by atoms with Crippen LogP contribution in [0.1, 0.15) is 44.9 Å². The third-order valence-corrected chi connectivity index (χ3v) is 6.07. The summed E-state index contributed by atoms with van der Waals surface area (Å²) in [5.74, 6) is 0. The van der Waals surface area contributed by atoms with E-state index in [1.807, 2.05) is 0 Å². The largest absolute Gasteiger partial charge is 0.394 e. The van der Waals surface area contributed by atoms with E-state index in [9.17, 15) is 13.5 Å². The number of rotatable bonds is 4. The summed E-state index contributed by atoms with van der Waals surface area (Å²) in [4.78, 5) is 0. The Labute approximate surface area is 104 Å². The molecular weight excluding hydrogens is 238 g/mol. The average Bonchev–Trinajstić information content (AvgIpc) is 2.87. The first kappa shape index (κ1) is 13.3. The van der Waals surface area contributed by atoms with Crippen molar-refractivity contribution in [1.29, 1.82) is 0 Å². The fourth-order valence-electron chi connectivity index (χ4n) is 3.53. The van der Waals surface area contributed by atoms with Crippen molar-refractivity contribution in [2.24, 2.45) is 0 Å². The zero-order valence-electron chi connectivity index (χ0n) is 10.5. The van der Waals surface area contributed by atoms with E-state index in [1.165, 1.54) is 19.1 Å². The summed E-state index contributed by atoms with van der Waals surface area (Å²) >= 11 is 0. The maximum Gasteiger partial charge on any atom is 0.152 e. The first-order valence-electron chi connectivity index (χ1n) is 6.55. The minimum absolute atomic E-state index is 0.0682. The third kappa shape index (κ3) is 2.66. The van der Waals surface area contributed by atoms with Gasteiger partial charge in [0, 0.05) is 12.3 Å². The van der Waals surface area contributed by atoms with E-state index in [-0.39, 0.29) is 6.61 Å². The lowest BCUT2D eigenvalue weighted by Crippen LogP contribution is -2.59. The van der Waals surface area contributed by atoms with Crippen LogP contribution in [-0.2, 0) is 9.84 Å². The predicted octanol–water partition coefficient (Wildman–Crippen LogP) is 0.847. The van der Waals surface area contributed by atoms with Crippen molar-refractivity contribution < 1.29 is 13.5 Å². The molecule has 0 bridgehead atoms. The van der Waals surface area contributed by atoms with Gasteiger partial charge >= 0.3 is 0 Å². The molecule has 2 fully saturated rings. The molecule has 2 atom stereocenters. The van der Waals surface area contributed by atoms with Crippen molar-refractivity contribution in [3.05, 3.63) is 0 Å². The Morgan fingerprint density at radius 3 is 2.41 bits per heavy atom. The lowest BCUT2D eigenvalue weighted by molar-refractivity contribution is 0.153. The fourth-order valence-corrected chi connectivity index (χ4v) is 5.21. The lowest BCUT2D eigenvalue weighted by atomic mass is 9.96. The van der Waals surface area contributed by atoms with E-state index in [0.29, 0.717) is 12.5 Å². The van der Waals surface area contributed by atoms with Crippen molar-refractivity contribution in [2.75, 3.05) is 12.9 Å². The molecule has 0 aromatic rings. The van der Waals surface area contributed by atoms with E-state index < -0.39 is 20.6 Å². The molecule has 0 saturated heterocycles. The summed E-state index contributed by atoms with van der Waals surface area (Å²) in [5, 5.41) is 12.7. The van der Waals surface area contributed by atoms with Crippen molar-refractivity contribution in [3.63, 3.8) is 0 Å². The Morgan fingerprint density at radius 1 is 1.24 bits per heavy atom. The zero-order valence-corrected chi connectivity index (χ0v) is 11.3. The van der Waals surface area contributed by atoms with Gasteiger partial charge in [-0.25, -0.2) is 8.42 Å². The number of hydrogen-bond acceptors (Lipinski definition) is 4. The van der Waals surface area contributed by atoms with Crippen LogP contribution in [0, 0.1) is 0 Å². The molecule has 4 nitrogen and oxygen atoms in total. The zero-order chi connectivity index (χ0) is 12.5. The van der Waals surface area contributed by atoms with E-state index in [2.05, 4.69) is 5.32 Å². The van der Waals surface area contributed by atoms with Gasteiger partial charge in [-0.1, -0.05) is 19.3 Å². The van der Waals surface area contributed by atoms with Crippen LogP contribution in [0.3, 0.4) is 0 Å². The standard InChI is InChI=1S/C12H23NO3S/c1-17(15,16)11-7-4-8-12(11,9-14)13-10-5-2-3-6-10/h10-11,13-14H,2-9H2,1H3. The molecule has 0 amide bonds. The van der Waals surface area contributed by atoms with Crippen LogP contribution >= 0.6 is 0 Å². The van der Waals surface area contributed by atoms with Gasteiger partial charge in [0.15, 0.2) is 9.84 Å². The molecule has 2 N–H and O–H groups in total. The molecule has 0 aromatic carbocycles. The summed E-state index contributed by atoms with van der Waals surface area (Å²) < 4.78 is 23.7. The van der Waals surface area contributed by atoms with Crippen LogP contribution in [0.15, 0.2) is 0 Å². The van der Waals surface area contributed by atoms with Crippen LogP contribution in [0.25, 0.3) is 0 Å². The molecule has 2 aliphatic rings. The highest BCUT2D eigenvalue weighted by Gasteiger charge is 2.48. The van der Waals surface area contributed by atoms with Crippen LogP contribution < -0.4 is 5.32 Å². The van der Waals surface area contributed by atoms with Crippen molar-refractivity contribution in [2.45, 2.75) is 61.8 Å². The maximum atomic E-state index is 11.8. The number of nitrogens with one attached hydrogen (secondary N) is 1. The molecule has 0 radical (unpaired) electrons. The Hall–Kier alpha value is -0.130. The summed E-state index contributed by atoms with van der Waals surface area (Å²) in [7, 11) is -3.09. The van der Waals surface area contributed by atoms with Crippen molar-refractivity contribution in [3.8, 4) is 0 Å². The molecule has 5 heteroatoms. The lowest BCUT2D eigenvalue weighted by Gasteiger charge is -2.36. The molecule has 0 aliphatic heterocycles. The minimum Gasteiger partial charge on any atom is -0.394 e. The summed E-state index contributed by atoms with van der Waals surface area (Å²) in [5.41, 5.74) is -0.581. The molecular formula is C12H23NO3S. The highest BCUT2D eigenvalue weighted by Crippen LogP contribution is 2.36. The second-order valence-corrected chi connectivity index (χ2v) is 7.88. The van der Waals surface area contributed by atoms with Crippen LogP contribution in [0.5, 0.6) is 0 Å². The van der Waals surface area contributed by atoms with Crippen LogP contribution in [-0.4, -0.2) is 43.2 Å².